The molecule has 1 aromatic carbocycles. The van der Waals surface area contributed by atoms with Crippen LogP contribution in [0.3, 0.4) is 0 Å². The zero-order chi connectivity index (χ0) is 18.4. The highest BCUT2D eigenvalue weighted by Crippen LogP contribution is 2.20. The van der Waals surface area contributed by atoms with Crippen LogP contribution in [0, 0.1) is 5.92 Å². The van der Waals surface area contributed by atoms with E-state index in [2.05, 4.69) is 10.0 Å². The number of thiophene rings is 1. The molecule has 2 aromatic rings. The Balaban J connectivity index is 1.92. The Bertz CT molecular complexity index is 830. The van der Waals surface area contributed by atoms with E-state index < -0.39 is 21.9 Å². The second kappa shape index (κ2) is 8.13. The van der Waals surface area contributed by atoms with Crippen LogP contribution >= 0.6 is 11.3 Å². The van der Waals surface area contributed by atoms with Gasteiger partial charge in [-0.05, 0) is 29.1 Å². The number of carbonyl (C=O) groups is 2. The molecule has 7 nitrogen and oxygen atoms in total. The first-order valence-corrected chi connectivity index (χ1v) is 9.79. The lowest BCUT2D eigenvalue weighted by Crippen LogP contribution is -2.32. The molecule has 0 spiro atoms. The number of carboxylic acid groups (broad SMARTS) is 1. The van der Waals surface area contributed by atoms with E-state index in [4.69, 9.17) is 5.11 Å². The van der Waals surface area contributed by atoms with Crippen molar-refractivity contribution in [3.05, 3.63) is 47.3 Å². The van der Waals surface area contributed by atoms with Crippen LogP contribution in [-0.4, -0.2) is 31.9 Å². The van der Waals surface area contributed by atoms with Crippen LogP contribution in [0.5, 0.6) is 0 Å². The molecule has 134 valence electrons. The van der Waals surface area contributed by atoms with Gasteiger partial charge in [-0.2, -0.15) is 0 Å². The average Bonchev–Trinajstić information content (AvgIpc) is 3.09. The molecule has 0 fully saturated rings. The number of anilines is 1. The maximum absolute atomic E-state index is 12.1. The Kier molecular flexibility index (Phi) is 6.16. The molecule has 2 rings (SSSR count). The maximum atomic E-state index is 12.1. The molecule has 9 heteroatoms. The first-order chi connectivity index (χ1) is 11.8. The van der Waals surface area contributed by atoms with Gasteiger partial charge in [-0.3, -0.25) is 14.3 Å². The standard InChI is InChI=1S/C16H18N2O5S2/c1-11(16(20)21)10-17-14(19)9-12-4-6-13(7-5-12)18-25(22,23)15-3-2-8-24-15/h2-8,11,18H,9-10H2,1H3,(H,17,19)(H,20,21). The number of rotatable bonds is 8. The highest BCUT2D eigenvalue weighted by atomic mass is 32.2. The van der Waals surface area contributed by atoms with Crippen molar-refractivity contribution in [1.82, 2.24) is 5.32 Å². The molecule has 1 atom stereocenters. The Morgan fingerprint density at radius 3 is 2.44 bits per heavy atom. The summed E-state index contributed by atoms with van der Waals surface area (Å²) in [4.78, 5) is 22.5. The number of nitrogens with one attached hydrogen (secondary N) is 2. The van der Waals surface area contributed by atoms with Gasteiger partial charge in [-0.1, -0.05) is 25.1 Å². The summed E-state index contributed by atoms with van der Waals surface area (Å²) in [5, 5.41) is 13.0. The van der Waals surface area contributed by atoms with Crippen molar-refractivity contribution < 1.29 is 23.1 Å². The van der Waals surface area contributed by atoms with Crippen LogP contribution < -0.4 is 10.0 Å². The van der Waals surface area contributed by atoms with Gasteiger partial charge in [0.15, 0.2) is 0 Å². The monoisotopic (exact) mass is 382 g/mol. The van der Waals surface area contributed by atoms with E-state index in [9.17, 15) is 18.0 Å². The summed E-state index contributed by atoms with van der Waals surface area (Å²) in [7, 11) is -3.60. The summed E-state index contributed by atoms with van der Waals surface area (Å²) in [5.41, 5.74) is 1.09. The van der Waals surface area contributed by atoms with Crippen molar-refractivity contribution in [2.75, 3.05) is 11.3 Å². The minimum Gasteiger partial charge on any atom is -0.481 e. The Morgan fingerprint density at radius 1 is 1.20 bits per heavy atom. The number of carbonyl (C=O) groups excluding carboxylic acids is 1. The third-order valence-corrected chi connectivity index (χ3v) is 6.14. The molecule has 0 bridgehead atoms. The second-order valence-corrected chi connectivity index (χ2v) is 8.31. The van der Waals surface area contributed by atoms with Crippen LogP contribution in [0.2, 0.25) is 0 Å². The fraction of sp³-hybridized carbons (Fsp3) is 0.250. The Labute approximate surface area is 149 Å². The molecular formula is C16H18N2O5S2. The van der Waals surface area contributed by atoms with Gasteiger partial charge < -0.3 is 10.4 Å². The smallest absolute Gasteiger partial charge is 0.308 e. The third-order valence-electron chi connectivity index (χ3n) is 3.36. The zero-order valence-electron chi connectivity index (χ0n) is 13.4. The molecule has 0 aliphatic rings. The lowest BCUT2D eigenvalue weighted by atomic mass is 10.1. The number of carboxylic acids is 1. The van der Waals surface area contributed by atoms with E-state index in [1.165, 1.54) is 13.0 Å². The fourth-order valence-electron chi connectivity index (χ4n) is 1.91. The molecule has 1 amide bonds. The van der Waals surface area contributed by atoms with Gasteiger partial charge in [-0.15, -0.1) is 11.3 Å². The number of aliphatic carboxylic acids is 1. The van der Waals surface area contributed by atoms with Gasteiger partial charge in [-0.25, -0.2) is 8.42 Å². The first-order valence-electron chi connectivity index (χ1n) is 7.42. The molecule has 0 aliphatic carbocycles. The highest BCUT2D eigenvalue weighted by Gasteiger charge is 2.15. The SMILES string of the molecule is CC(CNC(=O)Cc1ccc(NS(=O)(=O)c2cccs2)cc1)C(=O)O. The summed E-state index contributed by atoms with van der Waals surface area (Å²) < 4.78 is 26.9. The average molecular weight is 382 g/mol. The lowest BCUT2D eigenvalue weighted by molar-refractivity contribution is -0.141. The van der Waals surface area contributed by atoms with E-state index in [1.807, 2.05) is 0 Å². The van der Waals surface area contributed by atoms with Gasteiger partial charge in [0.1, 0.15) is 4.21 Å². The predicted octanol–water partition coefficient (Wildman–Crippen LogP) is 1.93. The first kappa shape index (κ1) is 18.9. The largest absolute Gasteiger partial charge is 0.481 e. The summed E-state index contributed by atoms with van der Waals surface area (Å²) in [6, 6.07) is 9.62. The van der Waals surface area contributed by atoms with Crippen LogP contribution in [0.25, 0.3) is 0 Å². The van der Waals surface area contributed by atoms with Crippen molar-refractivity contribution in [3.8, 4) is 0 Å². The highest BCUT2D eigenvalue weighted by molar-refractivity contribution is 7.94. The van der Waals surface area contributed by atoms with Crippen molar-refractivity contribution in [2.45, 2.75) is 17.6 Å². The molecule has 0 aliphatic heterocycles. The van der Waals surface area contributed by atoms with E-state index in [1.54, 1.807) is 35.7 Å². The fourth-order valence-corrected chi connectivity index (χ4v) is 3.97. The van der Waals surface area contributed by atoms with Gasteiger partial charge in [0, 0.05) is 12.2 Å². The van der Waals surface area contributed by atoms with Gasteiger partial charge >= 0.3 is 5.97 Å². The topological polar surface area (TPSA) is 113 Å². The zero-order valence-corrected chi connectivity index (χ0v) is 15.1. The van der Waals surface area contributed by atoms with E-state index in [-0.39, 0.29) is 23.1 Å². The quantitative estimate of drug-likeness (QED) is 0.646. The van der Waals surface area contributed by atoms with Gasteiger partial charge in [0.05, 0.1) is 12.3 Å². The number of hydrogen-bond donors (Lipinski definition) is 3. The van der Waals surface area contributed by atoms with Crippen LogP contribution in [0.4, 0.5) is 5.69 Å². The molecule has 1 heterocycles. The van der Waals surface area contributed by atoms with Gasteiger partial charge in [0.25, 0.3) is 10.0 Å². The van der Waals surface area contributed by atoms with E-state index in [0.29, 0.717) is 11.3 Å². The summed E-state index contributed by atoms with van der Waals surface area (Å²) in [5.74, 6) is -1.92. The molecule has 0 saturated heterocycles. The molecule has 1 unspecified atom stereocenters. The molecule has 25 heavy (non-hydrogen) atoms. The van der Waals surface area contributed by atoms with Crippen molar-refractivity contribution in [3.63, 3.8) is 0 Å². The molecule has 1 aromatic heterocycles. The Hall–Kier alpha value is -2.39. The van der Waals surface area contributed by atoms with Crippen LogP contribution in [0.15, 0.2) is 46.0 Å². The normalized spacial score (nSPS) is 12.4. The molecule has 0 radical (unpaired) electrons. The third kappa shape index (κ3) is 5.57. The molecule has 3 N–H and O–H groups in total. The number of benzene rings is 1. The van der Waals surface area contributed by atoms with Crippen molar-refractivity contribution >= 4 is 38.9 Å². The van der Waals surface area contributed by atoms with Gasteiger partial charge in [0.2, 0.25) is 5.91 Å². The van der Waals surface area contributed by atoms with Crippen LogP contribution in [-0.2, 0) is 26.0 Å². The predicted molar refractivity (Wildman–Crippen MR) is 95.1 cm³/mol. The van der Waals surface area contributed by atoms with Crippen molar-refractivity contribution in [1.29, 1.82) is 0 Å². The number of hydrogen-bond acceptors (Lipinski definition) is 5. The lowest BCUT2D eigenvalue weighted by Gasteiger charge is -2.09. The summed E-state index contributed by atoms with van der Waals surface area (Å²) in [6.45, 7) is 1.57. The van der Waals surface area contributed by atoms with E-state index in [0.717, 1.165) is 11.3 Å². The number of sulfonamides is 1. The van der Waals surface area contributed by atoms with Crippen molar-refractivity contribution in [2.24, 2.45) is 5.92 Å². The molecular weight excluding hydrogens is 364 g/mol. The second-order valence-electron chi connectivity index (χ2n) is 5.45. The summed E-state index contributed by atoms with van der Waals surface area (Å²) in [6.07, 6.45) is 0.0876. The summed E-state index contributed by atoms with van der Waals surface area (Å²) >= 11 is 1.13. The maximum Gasteiger partial charge on any atom is 0.308 e. The minimum atomic E-state index is -3.60. The Morgan fingerprint density at radius 2 is 1.88 bits per heavy atom. The molecule has 0 saturated carbocycles. The minimum absolute atomic E-state index is 0.0624. The van der Waals surface area contributed by atoms with Crippen LogP contribution in [0.1, 0.15) is 12.5 Å². The number of amides is 1. The van der Waals surface area contributed by atoms with E-state index >= 15 is 0 Å².